The molecule has 4 aromatic rings. The average Bonchev–Trinajstić information content (AvgIpc) is 3.39. The molecule has 0 aliphatic carbocycles. The molecule has 29 heavy (non-hydrogen) atoms. The van der Waals surface area contributed by atoms with Crippen LogP contribution in [0.5, 0.6) is 5.75 Å². The van der Waals surface area contributed by atoms with Crippen LogP contribution < -0.4 is 10.1 Å². The highest BCUT2D eigenvalue weighted by Crippen LogP contribution is 2.31. The molecule has 0 saturated carbocycles. The van der Waals surface area contributed by atoms with E-state index >= 15 is 0 Å². The predicted molar refractivity (Wildman–Crippen MR) is 115 cm³/mol. The number of ether oxygens (including phenoxy) is 1. The fraction of sp³-hybridized carbons (Fsp3) is 0.158. The minimum atomic E-state index is 0.471. The van der Waals surface area contributed by atoms with Gasteiger partial charge in [-0.25, -0.2) is 0 Å². The van der Waals surface area contributed by atoms with E-state index in [0.717, 1.165) is 26.9 Å². The first kappa shape index (κ1) is 19.7. The maximum Gasteiger partial charge on any atom is 0.247 e. The number of nitrogens with one attached hydrogen (secondary N) is 1. The fourth-order valence-electron chi connectivity index (χ4n) is 2.40. The van der Waals surface area contributed by atoms with Gasteiger partial charge in [-0.1, -0.05) is 40.8 Å². The Labute approximate surface area is 180 Å². The van der Waals surface area contributed by atoms with Gasteiger partial charge in [0.2, 0.25) is 16.9 Å². The van der Waals surface area contributed by atoms with Crippen LogP contribution in [0.1, 0.15) is 11.5 Å². The van der Waals surface area contributed by atoms with Crippen LogP contribution in [0.3, 0.4) is 0 Å². The average molecular weight is 446 g/mol. The first-order valence-electron chi connectivity index (χ1n) is 8.57. The van der Waals surface area contributed by atoms with E-state index in [0.29, 0.717) is 27.7 Å². The molecule has 2 aromatic carbocycles. The van der Waals surface area contributed by atoms with Gasteiger partial charge in [-0.3, -0.25) is 0 Å². The summed E-state index contributed by atoms with van der Waals surface area (Å²) in [6.07, 6.45) is 0. The number of aryl methyl sites for hydroxylation is 1. The van der Waals surface area contributed by atoms with Gasteiger partial charge in [0.05, 0.1) is 12.9 Å². The van der Waals surface area contributed by atoms with Crippen LogP contribution >= 0.6 is 34.7 Å². The summed E-state index contributed by atoms with van der Waals surface area (Å²) in [4.78, 5) is 0. The van der Waals surface area contributed by atoms with Gasteiger partial charge < -0.3 is 14.5 Å². The zero-order valence-corrected chi connectivity index (χ0v) is 17.9. The molecule has 0 unspecified atom stereocenters. The third kappa shape index (κ3) is 4.87. The quantitative estimate of drug-likeness (QED) is 0.368. The van der Waals surface area contributed by atoms with Crippen LogP contribution in [-0.2, 0) is 5.75 Å². The lowest BCUT2D eigenvalue weighted by atomic mass is 10.2. The number of rotatable bonds is 7. The van der Waals surface area contributed by atoms with Gasteiger partial charge in [-0.15, -0.1) is 20.4 Å². The van der Waals surface area contributed by atoms with Crippen molar-refractivity contribution in [2.75, 3.05) is 12.4 Å². The van der Waals surface area contributed by atoms with Crippen LogP contribution in [0, 0.1) is 6.92 Å². The maximum absolute atomic E-state index is 6.16. The largest absolute Gasteiger partial charge is 0.497 e. The lowest BCUT2D eigenvalue weighted by molar-refractivity contribution is 0.415. The van der Waals surface area contributed by atoms with Gasteiger partial charge in [0, 0.05) is 16.3 Å². The highest BCUT2D eigenvalue weighted by Gasteiger charge is 2.12. The van der Waals surface area contributed by atoms with Crippen molar-refractivity contribution >= 4 is 45.5 Å². The van der Waals surface area contributed by atoms with Crippen LogP contribution in [0.15, 0.2) is 51.2 Å². The second-order valence-corrected chi connectivity index (χ2v) is 8.59. The van der Waals surface area contributed by atoms with Crippen molar-refractivity contribution in [2.24, 2.45) is 0 Å². The van der Waals surface area contributed by atoms with Crippen molar-refractivity contribution in [1.29, 1.82) is 0 Å². The number of hydrogen-bond acceptors (Lipinski definition) is 9. The molecule has 4 rings (SSSR count). The van der Waals surface area contributed by atoms with Gasteiger partial charge in [0.25, 0.3) is 0 Å². The van der Waals surface area contributed by atoms with Gasteiger partial charge in [0.1, 0.15) is 5.75 Å². The molecule has 2 heterocycles. The van der Waals surface area contributed by atoms with Crippen molar-refractivity contribution in [2.45, 2.75) is 17.0 Å². The Morgan fingerprint density at radius 3 is 2.69 bits per heavy atom. The summed E-state index contributed by atoms with van der Waals surface area (Å²) < 4.78 is 11.7. The second-order valence-electron chi connectivity index (χ2n) is 5.98. The molecule has 0 atom stereocenters. The van der Waals surface area contributed by atoms with E-state index in [1.165, 1.54) is 23.1 Å². The van der Waals surface area contributed by atoms with E-state index in [4.69, 9.17) is 20.8 Å². The Kier molecular flexibility index (Phi) is 5.98. The van der Waals surface area contributed by atoms with Gasteiger partial charge in [-0.05, 0) is 48.9 Å². The van der Waals surface area contributed by atoms with Crippen LogP contribution in [0.25, 0.3) is 11.5 Å². The van der Waals surface area contributed by atoms with Gasteiger partial charge in [-0.2, -0.15) is 0 Å². The number of thioether (sulfide) groups is 1. The first-order valence-corrected chi connectivity index (χ1v) is 10.7. The van der Waals surface area contributed by atoms with Crippen LogP contribution in [0.2, 0.25) is 5.02 Å². The Morgan fingerprint density at radius 1 is 1.10 bits per heavy atom. The molecule has 0 fully saturated rings. The number of anilines is 2. The zero-order chi connectivity index (χ0) is 20.2. The highest BCUT2D eigenvalue weighted by molar-refractivity contribution is 8.00. The molecule has 10 heteroatoms. The molecule has 0 bridgehead atoms. The van der Waals surface area contributed by atoms with Crippen molar-refractivity contribution in [3.63, 3.8) is 0 Å². The number of hydrogen-bond donors (Lipinski definition) is 1. The molecule has 0 aliphatic heterocycles. The Bertz CT molecular complexity index is 1110. The summed E-state index contributed by atoms with van der Waals surface area (Å²) in [5.41, 5.74) is 2.74. The number of halogens is 1. The monoisotopic (exact) mass is 445 g/mol. The summed E-state index contributed by atoms with van der Waals surface area (Å²) >= 11 is 9.09. The minimum absolute atomic E-state index is 0.471. The van der Waals surface area contributed by atoms with E-state index < -0.39 is 0 Å². The normalized spacial score (nSPS) is 10.9. The third-order valence-corrected chi connectivity index (χ3v) is 6.32. The SMILES string of the molecule is COc1ccc(-c2nnc(CSc3nnc(Nc4ccc(C)c(Cl)c4)s3)o2)cc1. The molecule has 0 aliphatic rings. The Morgan fingerprint density at radius 2 is 1.93 bits per heavy atom. The summed E-state index contributed by atoms with van der Waals surface area (Å²) in [7, 11) is 1.63. The van der Waals surface area contributed by atoms with Crippen molar-refractivity contribution < 1.29 is 9.15 Å². The topological polar surface area (TPSA) is 86.0 Å². The molecular weight excluding hydrogens is 430 g/mol. The summed E-state index contributed by atoms with van der Waals surface area (Å²) in [6.45, 7) is 1.96. The van der Waals surface area contributed by atoms with Crippen molar-refractivity contribution in [1.82, 2.24) is 20.4 Å². The molecule has 2 aromatic heterocycles. The van der Waals surface area contributed by atoms with E-state index in [-0.39, 0.29) is 0 Å². The number of methoxy groups -OCH3 is 1. The summed E-state index contributed by atoms with van der Waals surface area (Å²) in [5.74, 6) is 2.28. The smallest absolute Gasteiger partial charge is 0.247 e. The van der Waals surface area contributed by atoms with E-state index in [1.807, 2.05) is 49.4 Å². The van der Waals surface area contributed by atoms with Gasteiger partial charge >= 0.3 is 0 Å². The lowest BCUT2D eigenvalue weighted by Gasteiger charge is -2.03. The van der Waals surface area contributed by atoms with Gasteiger partial charge in [0.15, 0.2) is 4.34 Å². The molecule has 148 valence electrons. The fourth-order valence-corrected chi connectivity index (χ4v) is 4.19. The molecule has 1 N–H and O–H groups in total. The number of nitrogens with zero attached hydrogens (tertiary/aromatic N) is 4. The molecule has 7 nitrogen and oxygen atoms in total. The first-order chi connectivity index (χ1) is 14.1. The number of aromatic nitrogens is 4. The molecule has 0 amide bonds. The summed E-state index contributed by atoms with van der Waals surface area (Å²) in [6, 6.07) is 13.2. The van der Waals surface area contributed by atoms with Crippen molar-refractivity contribution in [3.8, 4) is 17.2 Å². The third-order valence-electron chi connectivity index (χ3n) is 3.95. The minimum Gasteiger partial charge on any atom is -0.497 e. The zero-order valence-electron chi connectivity index (χ0n) is 15.5. The summed E-state index contributed by atoms with van der Waals surface area (Å²) in [5, 5.41) is 21.2. The molecule has 0 radical (unpaired) electrons. The molecule has 0 saturated heterocycles. The number of benzene rings is 2. The highest BCUT2D eigenvalue weighted by atomic mass is 35.5. The molecule has 0 spiro atoms. The Hall–Kier alpha value is -2.62. The van der Waals surface area contributed by atoms with E-state index in [2.05, 4.69) is 25.7 Å². The Balaban J connectivity index is 1.36. The van der Waals surface area contributed by atoms with Crippen LogP contribution in [0.4, 0.5) is 10.8 Å². The predicted octanol–water partition coefficient (Wildman–Crippen LogP) is 5.59. The van der Waals surface area contributed by atoms with Crippen LogP contribution in [-0.4, -0.2) is 27.5 Å². The van der Waals surface area contributed by atoms with Crippen molar-refractivity contribution in [3.05, 3.63) is 58.9 Å². The maximum atomic E-state index is 6.16. The lowest BCUT2D eigenvalue weighted by Crippen LogP contribution is -1.89. The standard InChI is InChI=1S/C19H16ClN5O2S2/c1-11-3-6-13(9-15(11)20)21-18-24-25-19(29-18)28-10-16-22-23-17(27-16)12-4-7-14(26-2)8-5-12/h3-9H,10H2,1-2H3,(H,21,24). The second kappa shape index (κ2) is 8.81. The van der Waals surface area contributed by atoms with E-state index in [1.54, 1.807) is 7.11 Å². The molecular formula is C19H16ClN5O2S2. The van der Waals surface area contributed by atoms with E-state index in [9.17, 15) is 0 Å².